The molecule has 2 aromatic carbocycles. The lowest BCUT2D eigenvalue weighted by Gasteiger charge is -2.35. The molecule has 0 radical (unpaired) electrons. The topological polar surface area (TPSA) is 61.4 Å². The summed E-state index contributed by atoms with van der Waals surface area (Å²) in [6, 6.07) is 21.8. The molecule has 148 valence electrons. The van der Waals surface area contributed by atoms with Gasteiger partial charge in [0.05, 0.1) is 0 Å². The molecule has 1 aliphatic rings. The van der Waals surface area contributed by atoms with Gasteiger partial charge in [-0.1, -0.05) is 48.5 Å². The molecule has 0 unspecified atom stereocenters. The van der Waals surface area contributed by atoms with Crippen LogP contribution in [0.1, 0.15) is 21.6 Å². The number of nitrogens with zero attached hydrogens (tertiary/aromatic N) is 4. The van der Waals surface area contributed by atoms with Gasteiger partial charge in [-0.3, -0.25) is 9.69 Å². The smallest absolute Gasteiger partial charge is 0.276 e. The molecule has 1 fully saturated rings. The number of para-hydroxylation sites is 1. The minimum Gasteiger partial charge on any atom is -0.353 e. The van der Waals surface area contributed by atoms with Gasteiger partial charge in [0.1, 0.15) is 0 Å². The lowest BCUT2D eigenvalue weighted by atomic mass is 10.2. The van der Waals surface area contributed by atoms with E-state index in [0.29, 0.717) is 5.69 Å². The highest BCUT2D eigenvalue weighted by Crippen LogP contribution is 2.17. The van der Waals surface area contributed by atoms with E-state index in [0.717, 1.165) is 49.8 Å². The number of carbonyl (C=O) groups is 1. The summed E-state index contributed by atoms with van der Waals surface area (Å²) >= 11 is 0. The van der Waals surface area contributed by atoms with Crippen LogP contribution in [0.2, 0.25) is 0 Å². The fraction of sp³-hybridized carbons (Fsp3) is 0.261. The number of aryl methyl sites for hydroxylation is 1. The summed E-state index contributed by atoms with van der Waals surface area (Å²) in [6.45, 7) is 6.69. The van der Waals surface area contributed by atoms with Crippen LogP contribution in [0.4, 0.5) is 11.5 Å². The van der Waals surface area contributed by atoms with Gasteiger partial charge in [-0.2, -0.15) is 0 Å². The van der Waals surface area contributed by atoms with Gasteiger partial charge in [0.15, 0.2) is 11.5 Å². The van der Waals surface area contributed by atoms with E-state index < -0.39 is 0 Å². The number of piperazine rings is 1. The third kappa shape index (κ3) is 4.78. The molecule has 1 amide bonds. The molecule has 0 aliphatic carbocycles. The molecule has 0 atom stereocenters. The quantitative estimate of drug-likeness (QED) is 0.727. The Kier molecular flexibility index (Phi) is 5.81. The molecule has 29 heavy (non-hydrogen) atoms. The second-order valence-corrected chi connectivity index (χ2v) is 7.29. The maximum absolute atomic E-state index is 12.4. The van der Waals surface area contributed by atoms with Crippen molar-refractivity contribution < 1.29 is 4.79 Å². The van der Waals surface area contributed by atoms with Crippen molar-refractivity contribution in [3.63, 3.8) is 0 Å². The molecule has 1 aromatic heterocycles. The van der Waals surface area contributed by atoms with Crippen LogP contribution in [0.3, 0.4) is 0 Å². The van der Waals surface area contributed by atoms with Gasteiger partial charge in [-0.05, 0) is 36.2 Å². The molecule has 2 heterocycles. The summed E-state index contributed by atoms with van der Waals surface area (Å²) in [7, 11) is 0. The van der Waals surface area contributed by atoms with Crippen LogP contribution in [0.5, 0.6) is 0 Å². The molecule has 0 bridgehead atoms. The molecule has 4 rings (SSSR count). The lowest BCUT2D eigenvalue weighted by molar-refractivity contribution is 0.102. The molecular formula is C23H25N5O. The van der Waals surface area contributed by atoms with E-state index in [4.69, 9.17) is 0 Å². The molecule has 0 saturated carbocycles. The number of amides is 1. The van der Waals surface area contributed by atoms with Crippen LogP contribution in [0.25, 0.3) is 0 Å². The monoisotopic (exact) mass is 387 g/mol. The fourth-order valence-corrected chi connectivity index (χ4v) is 3.49. The number of rotatable bonds is 5. The Morgan fingerprint density at radius 3 is 2.31 bits per heavy atom. The lowest BCUT2D eigenvalue weighted by Crippen LogP contribution is -2.46. The summed E-state index contributed by atoms with van der Waals surface area (Å²) in [5, 5.41) is 11.3. The molecule has 3 aromatic rings. The van der Waals surface area contributed by atoms with E-state index in [-0.39, 0.29) is 5.91 Å². The normalized spacial score (nSPS) is 14.6. The zero-order valence-electron chi connectivity index (χ0n) is 16.6. The van der Waals surface area contributed by atoms with Gasteiger partial charge in [0.2, 0.25) is 0 Å². The molecule has 0 spiro atoms. The Labute approximate surface area is 171 Å². The molecule has 1 aliphatic heterocycles. The minimum atomic E-state index is -0.244. The highest BCUT2D eigenvalue weighted by Gasteiger charge is 2.19. The van der Waals surface area contributed by atoms with Crippen molar-refractivity contribution in [2.24, 2.45) is 0 Å². The predicted octanol–water partition coefficient (Wildman–Crippen LogP) is 3.36. The van der Waals surface area contributed by atoms with Crippen molar-refractivity contribution in [1.82, 2.24) is 15.1 Å². The first-order valence-electron chi connectivity index (χ1n) is 9.91. The zero-order valence-corrected chi connectivity index (χ0v) is 16.6. The Balaban J connectivity index is 1.33. The Hall–Kier alpha value is -3.25. The number of carbonyl (C=O) groups excluding carboxylic acids is 1. The summed E-state index contributed by atoms with van der Waals surface area (Å²) in [6.07, 6.45) is 0. The number of hydrogen-bond donors (Lipinski definition) is 1. The maximum atomic E-state index is 12.4. The van der Waals surface area contributed by atoms with Gasteiger partial charge in [-0.15, -0.1) is 10.2 Å². The molecule has 6 heteroatoms. The second kappa shape index (κ2) is 8.84. The SMILES string of the molecule is Cc1ccccc1NC(=O)c1ccc(N2CCN(Cc3ccccc3)CC2)nn1. The Morgan fingerprint density at radius 1 is 0.897 bits per heavy atom. The third-order valence-electron chi connectivity index (χ3n) is 5.22. The van der Waals surface area contributed by atoms with Crippen LogP contribution in [0.15, 0.2) is 66.7 Å². The van der Waals surface area contributed by atoms with Gasteiger partial charge in [-0.25, -0.2) is 0 Å². The van der Waals surface area contributed by atoms with Crippen LogP contribution >= 0.6 is 0 Å². The average molecular weight is 387 g/mol. The number of nitrogens with one attached hydrogen (secondary N) is 1. The number of aromatic nitrogens is 2. The third-order valence-corrected chi connectivity index (χ3v) is 5.22. The standard InChI is InChI=1S/C23H25N5O/c1-18-7-5-6-10-20(18)24-23(29)21-11-12-22(26-25-21)28-15-13-27(14-16-28)17-19-8-3-2-4-9-19/h2-12H,13-17H2,1H3,(H,24,29). The van der Waals surface area contributed by atoms with Crippen LogP contribution in [-0.4, -0.2) is 47.2 Å². The summed E-state index contributed by atoms with van der Waals surface area (Å²) in [4.78, 5) is 17.1. The van der Waals surface area contributed by atoms with Gasteiger partial charge in [0.25, 0.3) is 5.91 Å². The van der Waals surface area contributed by atoms with Gasteiger partial charge < -0.3 is 10.2 Å². The molecule has 1 N–H and O–H groups in total. The number of benzene rings is 2. The zero-order chi connectivity index (χ0) is 20.1. The van der Waals surface area contributed by atoms with E-state index in [1.165, 1.54) is 5.56 Å². The number of anilines is 2. The molecule has 1 saturated heterocycles. The molecular weight excluding hydrogens is 362 g/mol. The fourth-order valence-electron chi connectivity index (χ4n) is 3.49. The first-order valence-corrected chi connectivity index (χ1v) is 9.91. The van der Waals surface area contributed by atoms with Crippen LogP contribution < -0.4 is 10.2 Å². The van der Waals surface area contributed by atoms with Crippen LogP contribution in [0, 0.1) is 6.92 Å². The van der Waals surface area contributed by atoms with E-state index in [1.54, 1.807) is 6.07 Å². The van der Waals surface area contributed by atoms with Crippen LogP contribution in [-0.2, 0) is 6.54 Å². The Morgan fingerprint density at radius 2 is 1.62 bits per heavy atom. The van der Waals surface area contributed by atoms with Crippen molar-refractivity contribution in [1.29, 1.82) is 0 Å². The van der Waals surface area contributed by atoms with Crippen molar-refractivity contribution in [3.05, 3.63) is 83.6 Å². The van der Waals surface area contributed by atoms with E-state index >= 15 is 0 Å². The summed E-state index contributed by atoms with van der Waals surface area (Å²) in [5.74, 6) is 0.572. The van der Waals surface area contributed by atoms with E-state index in [2.05, 4.69) is 49.6 Å². The average Bonchev–Trinajstić information content (AvgIpc) is 2.77. The van der Waals surface area contributed by atoms with Crippen molar-refractivity contribution in [2.75, 3.05) is 36.4 Å². The maximum Gasteiger partial charge on any atom is 0.276 e. The van der Waals surface area contributed by atoms with E-state index in [1.807, 2.05) is 43.3 Å². The van der Waals surface area contributed by atoms with Gasteiger partial charge >= 0.3 is 0 Å². The highest BCUT2D eigenvalue weighted by molar-refractivity contribution is 6.03. The Bertz CT molecular complexity index is 951. The van der Waals surface area contributed by atoms with Crippen molar-refractivity contribution in [2.45, 2.75) is 13.5 Å². The second-order valence-electron chi connectivity index (χ2n) is 7.29. The first-order chi connectivity index (χ1) is 14.2. The van der Waals surface area contributed by atoms with Gasteiger partial charge in [0, 0.05) is 38.4 Å². The van der Waals surface area contributed by atoms with Crippen molar-refractivity contribution in [3.8, 4) is 0 Å². The minimum absolute atomic E-state index is 0.244. The first kappa shape index (κ1) is 19.1. The molecule has 6 nitrogen and oxygen atoms in total. The van der Waals surface area contributed by atoms with E-state index in [9.17, 15) is 4.79 Å². The summed E-state index contributed by atoms with van der Waals surface area (Å²) < 4.78 is 0. The summed E-state index contributed by atoms with van der Waals surface area (Å²) in [5.41, 5.74) is 3.46. The highest BCUT2D eigenvalue weighted by atomic mass is 16.1. The number of hydrogen-bond acceptors (Lipinski definition) is 5. The van der Waals surface area contributed by atoms with Crippen molar-refractivity contribution >= 4 is 17.4 Å². The largest absolute Gasteiger partial charge is 0.353 e. The predicted molar refractivity (Wildman–Crippen MR) is 115 cm³/mol.